The average Bonchev–Trinajstić information content (AvgIpc) is 3.41. The van der Waals surface area contributed by atoms with Crippen molar-refractivity contribution in [3.63, 3.8) is 0 Å². The van der Waals surface area contributed by atoms with Crippen molar-refractivity contribution in [3.8, 4) is 0 Å². The van der Waals surface area contributed by atoms with Gasteiger partial charge >= 0.3 is 0 Å². The van der Waals surface area contributed by atoms with Gasteiger partial charge < -0.3 is 14.6 Å². The van der Waals surface area contributed by atoms with Crippen LogP contribution in [0.4, 0.5) is 5.69 Å². The lowest BCUT2D eigenvalue weighted by Crippen LogP contribution is -2.30. The zero-order chi connectivity index (χ0) is 23.4. The highest BCUT2D eigenvalue weighted by atomic mass is 32.2. The third-order valence-corrected chi connectivity index (χ3v) is 7.17. The van der Waals surface area contributed by atoms with E-state index in [9.17, 15) is 9.59 Å². The van der Waals surface area contributed by atoms with E-state index >= 15 is 0 Å². The van der Waals surface area contributed by atoms with E-state index in [4.69, 9.17) is 4.42 Å². The fraction of sp³-hybridized carbons (Fsp3) is 0.250. The number of rotatable bonds is 8. The van der Waals surface area contributed by atoms with Gasteiger partial charge in [0.1, 0.15) is 10.6 Å². The van der Waals surface area contributed by atoms with Gasteiger partial charge in [-0.15, -0.1) is 10.2 Å². The Hall–Kier alpha value is -3.17. The molecular formula is C24H24N4O3S2. The van der Waals surface area contributed by atoms with E-state index in [1.165, 1.54) is 23.1 Å². The second-order valence-electron chi connectivity index (χ2n) is 7.29. The molecule has 7 nitrogen and oxygen atoms in total. The Bertz CT molecular complexity index is 1290. The first-order chi connectivity index (χ1) is 16.0. The molecule has 4 aromatic rings. The first kappa shape index (κ1) is 23.0. The molecule has 170 valence electrons. The topological polar surface area (TPSA) is 88.3 Å². The maximum atomic E-state index is 13.2. The molecule has 0 atom stereocenters. The van der Waals surface area contributed by atoms with Gasteiger partial charge in [0.15, 0.2) is 10.1 Å². The second-order valence-corrected chi connectivity index (χ2v) is 9.70. The molecule has 9 heteroatoms. The number of amides is 2. The minimum Gasteiger partial charge on any atom is -0.451 e. The molecule has 0 aliphatic heterocycles. The first-order valence-electron chi connectivity index (χ1n) is 10.6. The second kappa shape index (κ2) is 10.2. The van der Waals surface area contributed by atoms with Gasteiger partial charge in [0, 0.05) is 41.0 Å². The van der Waals surface area contributed by atoms with E-state index in [1.807, 2.05) is 45.0 Å². The Kier molecular flexibility index (Phi) is 7.10. The van der Waals surface area contributed by atoms with Crippen molar-refractivity contribution in [2.45, 2.75) is 30.9 Å². The monoisotopic (exact) mass is 480 g/mol. The summed E-state index contributed by atoms with van der Waals surface area (Å²) in [7, 11) is 0. The number of nitrogens with one attached hydrogen (secondary N) is 1. The lowest BCUT2D eigenvalue weighted by atomic mass is 10.1. The molecule has 0 aliphatic rings. The number of aromatic nitrogens is 2. The van der Waals surface area contributed by atoms with Crippen molar-refractivity contribution >= 4 is 51.6 Å². The van der Waals surface area contributed by atoms with Crippen molar-refractivity contribution in [1.82, 2.24) is 15.1 Å². The number of anilines is 1. The molecule has 0 saturated heterocycles. The fourth-order valence-corrected chi connectivity index (χ4v) is 5.35. The van der Waals surface area contributed by atoms with Crippen LogP contribution in [0.5, 0.6) is 0 Å². The lowest BCUT2D eigenvalue weighted by Gasteiger charge is -2.19. The van der Waals surface area contributed by atoms with E-state index in [0.717, 1.165) is 20.3 Å². The standard InChI is InChI=1S/C24H24N4O3S2/c1-4-28(5-2)23(30)16-9-8-10-17(13-16)25-22(29)21-19(14-32-24-27-26-15(3)33-24)18-11-6-7-12-20(18)31-21/h6-13H,4-5,14H2,1-3H3,(H,25,29). The van der Waals surface area contributed by atoms with Crippen LogP contribution in [0.1, 0.15) is 45.3 Å². The third-order valence-electron chi connectivity index (χ3n) is 5.17. The fourth-order valence-electron chi connectivity index (χ4n) is 3.51. The molecule has 2 aromatic carbocycles. The Labute approximate surface area is 200 Å². The molecule has 4 rings (SSSR count). The summed E-state index contributed by atoms with van der Waals surface area (Å²) < 4.78 is 6.78. The van der Waals surface area contributed by atoms with Crippen LogP contribution >= 0.6 is 23.1 Å². The number of nitrogens with zero attached hydrogens (tertiary/aromatic N) is 3. The number of hydrogen-bond acceptors (Lipinski definition) is 7. The van der Waals surface area contributed by atoms with Crippen LogP contribution in [-0.2, 0) is 5.75 Å². The molecule has 0 saturated carbocycles. The summed E-state index contributed by atoms with van der Waals surface area (Å²) in [5.41, 5.74) is 2.52. The van der Waals surface area contributed by atoms with Gasteiger partial charge in [0.25, 0.3) is 11.8 Å². The normalized spacial score (nSPS) is 11.0. The summed E-state index contributed by atoms with van der Waals surface area (Å²) >= 11 is 3.04. The summed E-state index contributed by atoms with van der Waals surface area (Å²) in [4.78, 5) is 27.6. The first-order valence-corrected chi connectivity index (χ1v) is 12.4. The number of aryl methyl sites for hydroxylation is 1. The van der Waals surface area contributed by atoms with E-state index < -0.39 is 0 Å². The number of furan rings is 1. The van der Waals surface area contributed by atoms with Crippen molar-refractivity contribution in [3.05, 3.63) is 70.4 Å². The number of para-hydroxylation sites is 1. The molecule has 2 amide bonds. The van der Waals surface area contributed by atoms with Crippen LogP contribution in [0.15, 0.2) is 57.3 Å². The molecule has 0 spiro atoms. The van der Waals surface area contributed by atoms with Crippen molar-refractivity contribution in [2.24, 2.45) is 0 Å². The lowest BCUT2D eigenvalue weighted by molar-refractivity contribution is 0.0772. The quantitative estimate of drug-likeness (QED) is 0.329. The minimum absolute atomic E-state index is 0.0655. The predicted molar refractivity (Wildman–Crippen MR) is 132 cm³/mol. The summed E-state index contributed by atoms with van der Waals surface area (Å²) in [5.74, 6) is 0.354. The number of fused-ring (bicyclic) bond motifs is 1. The molecule has 33 heavy (non-hydrogen) atoms. The highest BCUT2D eigenvalue weighted by Gasteiger charge is 2.22. The molecule has 1 N–H and O–H groups in total. The number of thioether (sulfide) groups is 1. The molecule has 0 unspecified atom stereocenters. The summed E-state index contributed by atoms with van der Waals surface area (Å²) in [6.45, 7) is 7.04. The molecule has 0 bridgehead atoms. The van der Waals surface area contributed by atoms with Crippen LogP contribution in [0.2, 0.25) is 0 Å². The van der Waals surface area contributed by atoms with E-state index in [-0.39, 0.29) is 17.6 Å². The zero-order valence-corrected chi connectivity index (χ0v) is 20.3. The van der Waals surface area contributed by atoms with E-state index in [0.29, 0.717) is 35.7 Å². The van der Waals surface area contributed by atoms with E-state index in [1.54, 1.807) is 29.2 Å². The highest BCUT2D eigenvalue weighted by molar-refractivity contribution is 8.00. The van der Waals surface area contributed by atoms with Gasteiger partial charge in [-0.1, -0.05) is 47.4 Å². The Morgan fingerprint density at radius 3 is 2.61 bits per heavy atom. The van der Waals surface area contributed by atoms with Crippen LogP contribution in [0.3, 0.4) is 0 Å². The van der Waals surface area contributed by atoms with Gasteiger partial charge in [-0.25, -0.2) is 0 Å². The van der Waals surface area contributed by atoms with E-state index in [2.05, 4.69) is 15.5 Å². The highest BCUT2D eigenvalue weighted by Crippen LogP contribution is 2.33. The van der Waals surface area contributed by atoms with Gasteiger partial charge in [-0.2, -0.15) is 0 Å². The average molecular weight is 481 g/mol. The van der Waals surface area contributed by atoms with Gasteiger partial charge in [0.2, 0.25) is 0 Å². The third kappa shape index (κ3) is 5.09. The van der Waals surface area contributed by atoms with Gasteiger partial charge in [-0.05, 0) is 45.0 Å². The van der Waals surface area contributed by atoms with Crippen LogP contribution in [0.25, 0.3) is 11.0 Å². The van der Waals surface area contributed by atoms with Crippen molar-refractivity contribution in [1.29, 1.82) is 0 Å². The number of carbonyl (C=O) groups excluding carboxylic acids is 2. The molecule has 2 aromatic heterocycles. The maximum absolute atomic E-state index is 13.2. The zero-order valence-electron chi connectivity index (χ0n) is 18.6. The van der Waals surface area contributed by atoms with Crippen LogP contribution < -0.4 is 5.32 Å². The summed E-state index contributed by atoms with van der Waals surface area (Å²) in [5, 5.41) is 12.9. The predicted octanol–water partition coefficient (Wildman–Crippen LogP) is 5.62. The van der Waals surface area contributed by atoms with Crippen molar-refractivity contribution in [2.75, 3.05) is 18.4 Å². The minimum atomic E-state index is -0.359. The van der Waals surface area contributed by atoms with Crippen LogP contribution in [-0.4, -0.2) is 40.0 Å². The molecule has 0 fully saturated rings. The Morgan fingerprint density at radius 2 is 1.88 bits per heavy atom. The van der Waals surface area contributed by atoms with Gasteiger partial charge in [-0.3, -0.25) is 9.59 Å². The summed E-state index contributed by atoms with van der Waals surface area (Å²) in [6, 6.07) is 14.6. The smallest absolute Gasteiger partial charge is 0.291 e. The number of hydrogen-bond donors (Lipinski definition) is 1. The maximum Gasteiger partial charge on any atom is 0.291 e. The van der Waals surface area contributed by atoms with Crippen LogP contribution in [0, 0.1) is 6.92 Å². The number of carbonyl (C=O) groups is 2. The molecular weight excluding hydrogens is 456 g/mol. The Balaban J connectivity index is 1.59. The van der Waals surface area contributed by atoms with Crippen molar-refractivity contribution < 1.29 is 14.0 Å². The largest absolute Gasteiger partial charge is 0.451 e. The van der Waals surface area contributed by atoms with Gasteiger partial charge in [0.05, 0.1) is 0 Å². The Morgan fingerprint density at radius 1 is 1.09 bits per heavy atom. The number of benzene rings is 2. The molecule has 0 aliphatic carbocycles. The molecule has 0 radical (unpaired) electrons. The SMILES string of the molecule is CCN(CC)C(=O)c1cccc(NC(=O)c2oc3ccccc3c2CSc2nnc(C)s2)c1. The summed E-state index contributed by atoms with van der Waals surface area (Å²) in [6.07, 6.45) is 0. The molecule has 2 heterocycles.